The lowest BCUT2D eigenvalue weighted by atomic mass is 9.93. The summed E-state index contributed by atoms with van der Waals surface area (Å²) in [5.74, 6) is 0.604. The standard InChI is InChI=1S/C23H28N/c1-7-16(3)19-10-11-21-20(14-19)13-18(5)24(6)23(21)22-12-15(2)8-9-17(22)4/h8-14,16H,7H2,1-6H3/q+1. The predicted molar refractivity (Wildman–Crippen MR) is 103 cm³/mol. The average molecular weight is 318 g/mol. The normalized spacial score (nSPS) is 12.6. The van der Waals surface area contributed by atoms with E-state index in [0.29, 0.717) is 5.92 Å². The summed E-state index contributed by atoms with van der Waals surface area (Å²) in [6, 6.07) is 16.0. The molecule has 0 saturated carbocycles. The minimum absolute atomic E-state index is 0.604. The Kier molecular flexibility index (Phi) is 4.45. The third kappa shape index (κ3) is 2.84. The fourth-order valence-corrected chi connectivity index (χ4v) is 3.45. The summed E-state index contributed by atoms with van der Waals surface area (Å²) >= 11 is 0. The number of hydrogen-bond acceptors (Lipinski definition) is 0. The summed E-state index contributed by atoms with van der Waals surface area (Å²) in [7, 11) is 2.18. The molecule has 1 unspecified atom stereocenters. The van der Waals surface area contributed by atoms with E-state index in [-0.39, 0.29) is 0 Å². The molecule has 1 aromatic heterocycles. The molecule has 3 rings (SSSR count). The van der Waals surface area contributed by atoms with Gasteiger partial charge >= 0.3 is 0 Å². The smallest absolute Gasteiger partial charge is 0.198 e. The summed E-state index contributed by atoms with van der Waals surface area (Å²) < 4.78 is 2.33. The molecular formula is C23H28N+. The number of fused-ring (bicyclic) bond motifs is 1. The quantitative estimate of drug-likeness (QED) is 0.540. The number of pyridine rings is 1. The largest absolute Gasteiger partial charge is 0.220 e. The van der Waals surface area contributed by atoms with Gasteiger partial charge in [-0.15, -0.1) is 0 Å². The van der Waals surface area contributed by atoms with Crippen molar-refractivity contribution in [3.63, 3.8) is 0 Å². The van der Waals surface area contributed by atoms with Gasteiger partial charge in [-0.1, -0.05) is 43.7 Å². The Bertz CT molecular complexity index is 906. The summed E-state index contributed by atoms with van der Waals surface area (Å²) in [5, 5.41) is 2.68. The molecule has 0 fully saturated rings. The van der Waals surface area contributed by atoms with E-state index >= 15 is 0 Å². The molecule has 0 amide bonds. The van der Waals surface area contributed by atoms with Crippen molar-refractivity contribution in [2.45, 2.75) is 47.0 Å². The predicted octanol–water partition coefficient (Wildman–Crippen LogP) is 5.77. The third-order valence-electron chi connectivity index (χ3n) is 5.39. The maximum atomic E-state index is 2.38. The first-order chi connectivity index (χ1) is 11.4. The van der Waals surface area contributed by atoms with Crippen molar-refractivity contribution in [1.82, 2.24) is 0 Å². The molecule has 0 aliphatic carbocycles. The van der Waals surface area contributed by atoms with Crippen LogP contribution in [0.3, 0.4) is 0 Å². The highest BCUT2D eigenvalue weighted by Gasteiger charge is 2.20. The lowest BCUT2D eigenvalue weighted by molar-refractivity contribution is -0.665. The van der Waals surface area contributed by atoms with E-state index in [2.05, 4.69) is 88.7 Å². The lowest BCUT2D eigenvalue weighted by Crippen LogP contribution is -2.35. The molecule has 0 saturated heterocycles. The van der Waals surface area contributed by atoms with E-state index in [1.807, 2.05) is 0 Å². The number of rotatable bonds is 3. The first kappa shape index (κ1) is 16.7. The van der Waals surface area contributed by atoms with E-state index < -0.39 is 0 Å². The van der Waals surface area contributed by atoms with Gasteiger partial charge in [0.05, 0.1) is 5.39 Å². The van der Waals surface area contributed by atoms with E-state index in [9.17, 15) is 0 Å². The molecule has 124 valence electrons. The molecule has 0 radical (unpaired) electrons. The zero-order chi connectivity index (χ0) is 17.4. The number of benzene rings is 2. The van der Waals surface area contributed by atoms with Gasteiger partial charge in [-0.3, -0.25) is 0 Å². The molecule has 0 N–H and O–H groups in total. The van der Waals surface area contributed by atoms with Crippen LogP contribution < -0.4 is 4.57 Å². The van der Waals surface area contributed by atoms with Crippen LogP contribution in [0.1, 0.15) is 48.6 Å². The van der Waals surface area contributed by atoms with Crippen molar-refractivity contribution >= 4 is 10.8 Å². The van der Waals surface area contributed by atoms with E-state index in [1.54, 1.807) is 0 Å². The van der Waals surface area contributed by atoms with Gasteiger partial charge in [0, 0.05) is 18.6 Å². The van der Waals surface area contributed by atoms with Gasteiger partial charge in [0.2, 0.25) is 5.69 Å². The summed E-state index contributed by atoms with van der Waals surface area (Å²) in [6.45, 7) is 11.1. The average Bonchev–Trinajstić information content (AvgIpc) is 2.57. The van der Waals surface area contributed by atoms with E-state index in [1.165, 1.54) is 50.8 Å². The fraction of sp³-hybridized carbons (Fsp3) is 0.348. The Hall–Kier alpha value is -2.15. The summed E-state index contributed by atoms with van der Waals surface area (Å²) in [4.78, 5) is 0. The minimum Gasteiger partial charge on any atom is -0.198 e. The highest BCUT2D eigenvalue weighted by Crippen LogP contribution is 2.31. The highest BCUT2D eigenvalue weighted by molar-refractivity contribution is 5.94. The van der Waals surface area contributed by atoms with Crippen LogP contribution in [0.4, 0.5) is 0 Å². The summed E-state index contributed by atoms with van der Waals surface area (Å²) in [6.07, 6.45) is 1.18. The van der Waals surface area contributed by atoms with Crippen LogP contribution in [0.5, 0.6) is 0 Å². The van der Waals surface area contributed by atoms with E-state index in [0.717, 1.165) is 0 Å². The Morgan fingerprint density at radius 2 is 1.71 bits per heavy atom. The number of aromatic nitrogens is 1. The molecule has 0 bridgehead atoms. The second-order valence-electron chi connectivity index (χ2n) is 7.17. The van der Waals surface area contributed by atoms with Gasteiger partial charge in [-0.25, -0.2) is 0 Å². The van der Waals surface area contributed by atoms with Crippen LogP contribution in [0, 0.1) is 20.8 Å². The molecule has 1 heterocycles. The SMILES string of the molecule is CCC(C)c1ccc2c(-c3cc(C)ccc3C)[n+](C)c(C)cc2c1. The molecule has 0 aliphatic heterocycles. The Balaban J connectivity index is 2.34. The van der Waals surface area contributed by atoms with Crippen LogP contribution >= 0.6 is 0 Å². The molecule has 2 aromatic carbocycles. The molecule has 1 atom stereocenters. The van der Waals surface area contributed by atoms with Gasteiger partial charge < -0.3 is 0 Å². The molecule has 24 heavy (non-hydrogen) atoms. The number of aryl methyl sites for hydroxylation is 3. The topological polar surface area (TPSA) is 3.88 Å². The van der Waals surface area contributed by atoms with Crippen molar-refractivity contribution in [2.24, 2.45) is 7.05 Å². The molecule has 0 aliphatic rings. The maximum absolute atomic E-state index is 2.38. The monoisotopic (exact) mass is 318 g/mol. The van der Waals surface area contributed by atoms with Crippen molar-refractivity contribution < 1.29 is 4.57 Å². The Morgan fingerprint density at radius 1 is 0.958 bits per heavy atom. The highest BCUT2D eigenvalue weighted by atomic mass is 14.9. The summed E-state index contributed by atoms with van der Waals surface area (Å²) in [5.41, 5.74) is 8.02. The molecule has 1 heteroatoms. The van der Waals surface area contributed by atoms with Crippen molar-refractivity contribution in [3.8, 4) is 11.3 Å². The second kappa shape index (κ2) is 6.39. The molecule has 3 aromatic rings. The maximum Gasteiger partial charge on any atom is 0.220 e. The minimum atomic E-state index is 0.604. The molecular weight excluding hydrogens is 290 g/mol. The van der Waals surface area contributed by atoms with Crippen LogP contribution in [-0.4, -0.2) is 0 Å². The van der Waals surface area contributed by atoms with Crippen molar-refractivity contribution in [2.75, 3.05) is 0 Å². The van der Waals surface area contributed by atoms with Crippen LogP contribution in [-0.2, 0) is 7.05 Å². The second-order valence-corrected chi connectivity index (χ2v) is 7.17. The first-order valence-corrected chi connectivity index (χ1v) is 8.93. The fourth-order valence-electron chi connectivity index (χ4n) is 3.45. The third-order valence-corrected chi connectivity index (χ3v) is 5.39. The van der Waals surface area contributed by atoms with Gasteiger partial charge in [0.15, 0.2) is 5.69 Å². The van der Waals surface area contributed by atoms with E-state index in [4.69, 9.17) is 0 Å². The zero-order valence-electron chi connectivity index (χ0n) is 15.8. The van der Waals surface area contributed by atoms with Crippen LogP contribution in [0.15, 0.2) is 42.5 Å². The van der Waals surface area contributed by atoms with Crippen LogP contribution in [0.2, 0.25) is 0 Å². The number of hydrogen-bond donors (Lipinski definition) is 0. The van der Waals surface area contributed by atoms with Crippen molar-refractivity contribution in [1.29, 1.82) is 0 Å². The van der Waals surface area contributed by atoms with Gasteiger partial charge in [0.1, 0.15) is 7.05 Å². The van der Waals surface area contributed by atoms with Crippen LogP contribution in [0.25, 0.3) is 22.0 Å². The van der Waals surface area contributed by atoms with Crippen molar-refractivity contribution in [3.05, 3.63) is 64.8 Å². The Morgan fingerprint density at radius 3 is 2.42 bits per heavy atom. The van der Waals surface area contributed by atoms with Gasteiger partial charge in [0.25, 0.3) is 0 Å². The molecule has 1 nitrogen and oxygen atoms in total. The Labute approximate surface area is 146 Å². The number of nitrogens with zero attached hydrogens (tertiary/aromatic N) is 1. The first-order valence-electron chi connectivity index (χ1n) is 8.93. The molecule has 0 spiro atoms. The van der Waals surface area contributed by atoms with Gasteiger partial charge in [-0.05, 0) is 54.8 Å². The zero-order valence-corrected chi connectivity index (χ0v) is 15.8. The van der Waals surface area contributed by atoms with Gasteiger partial charge in [-0.2, -0.15) is 4.57 Å². The lowest BCUT2D eigenvalue weighted by Gasteiger charge is -2.13.